The lowest BCUT2D eigenvalue weighted by molar-refractivity contribution is 0.0968. The number of rotatable bonds is 9. The lowest BCUT2D eigenvalue weighted by atomic mass is 10.0. The summed E-state index contributed by atoms with van der Waals surface area (Å²) in [6.45, 7) is 6.04. The van der Waals surface area contributed by atoms with Crippen LogP contribution in [0.5, 0.6) is 0 Å². The molecule has 2 aromatic heterocycles. The van der Waals surface area contributed by atoms with Gasteiger partial charge in [-0.25, -0.2) is 0 Å². The van der Waals surface area contributed by atoms with Crippen molar-refractivity contribution >= 4 is 17.1 Å². The van der Waals surface area contributed by atoms with Crippen molar-refractivity contribution in [2.75, 3.05) is 19.6 Å². The first-order valence-electron chi connectivity index (χ1n) is 8.48. The molecule has 1 fully saturated rings. The molecule has 1 aliphatic heterocycles. The summed E-state index contributed by atoms with van der Waals surface area (Å²) in [4.78, 5) is 15.7. The molecule has 3 heterocycles. The SMILES string of the molecule is CC1CN(CCCCCCC(=O)c2cc(-c3cccs3)on2)C1. The second-order valence-electron chi connectivity index (χ2n) is 6.51. The number of hydrogen-bond donors (Lipinski definition) is 0. The van der Waals surface area contributed by atoms with Crippen LogP contribution < -0.4 is 0 Å². The molecule has 1 saturated heterocycles. The Hall–Kier alpha value is -1.46. The predicted octanol–water partition coefficient (Wildman–Crippen LogP) is 4.49. The van der Waals surface area contributed by atoms with Gasteiger partial charge in [-0.3, -0.25) is 4.79 Å². The minimum atomic E-state index is 0.0909. The third kappa shape index (κ3) is 4.52. The minimum Gasteiger partial charge on any atom is -0.355 e. The van der Waals surface area contributed by atoms with E-state index in [9.17, 15) is 4.79 Å². The lowest BCUT2D eigenvalue weighted by Crippen LogP contribution is -2.45. The van der Waals surface area contributed by atoms with Crippen LogP contribution >= 0.6 is 11.3 Å². The number of ketones is 1. The van der Waals surface area contributed by atoms with Crippen molar-refractivity contribution in [3.05, 3.63) is 29.3 Å². The number of thiophene rings is 1. The zero-order valence-electron chi connectivity index (χ0n) is 13.7. The monoisotopic (exact) mass is 332 g/mol. The second-order valence-corrected chi connectivity index (χ2v) is 7.45. The summed E-state index contributed by atoms with van der Waals surface area (Å²) in [7, 11) is 0. The van der Waals surface area contributed by atoms with Crippen LogP contribution in [0.1, 0.15) is 49.5 Å². The molecule has 1 aliphatic rings. The van der Waals surface area contributed by atoms with Gasteiger partial charge in [0.15, 0.2) is 11.5 Å². The maximum Gasteiger partial charge on any atom is 0.184 e. The molecule has 4 nitrogen and oxygen atoms in total. The number of likely N-dealkylation sites (tertiary alicyclic amines) is 1. The molecule has 0 aromatic carbocycles. The standard InChI is InChI=1S/C18H24N2O2S/c1-14-12-20(13-14)9-5-3-2-4-7-16(21)15-11-17(22-19-15)18-8-6-10-23-18/h6,8,10-11,14H,2-5,7,9,12-13H2,1H3. The lowest BCUT2D eigenvalue weighted by Gasteiger charge is -2.37. The van der Waals surface area contributed by atoms with Crippen molar-refractivity contribution in [2.24, 2.45) is 5.92 Å². The molecule has 2 aromatic rings. The molecule has 124 valence electrons. The van der Waals surface area contributed by atoms with Crippen molar-refractivity contribution in [3.8, 4) is 10.6 Å². The van der Waals surface area contributed by atoms with Crippen LogP contribution in [0.3, 0.4) is 0 Å². The van der Waals surface area contributed by atoms with E-state index in [-0.39, 0.29) is 5.78 Å². The molecule has 0 saturated carbocycles. The van der Waals surface area contributed by atoms with Gasteiger partial charge in [0.2, 0.25) is 0 Å². The fourth-order valence-electron chi connectivity index (χ4n) is 3.05. The molecule has 5 heteroatoms. The Bertz CT molecular complexity index is 615. The number of Topliss-reactive ketones (excluding diaryl/α,β-unsaturated/α-hetero) is 1. The summed E-state index contributed by atoms with van der Waals surface area (Å²) in [5.74, 6) is 1.66. The van der Waals surface area contributed by atoms with Crippen LogP contribution in [0.25, 0.3) is 10.6 Å². The summed E-state index contributed by atoms with van der Waals surface area (Å²) in [6, 6.07) is 5.70. The van der Waals surface area contributed by atoms with Gasteiger partial charge in [0, 0.05) is 25.6 Å². The smallest absolute Gasteiger partial charge is 0.184 e. The number of unbranched alkanes of at least 4 members (excludes halogenated alkanes) is 3. The number of nitrogens with zero attached hydrogens (tertiary/aromatic N) is 2. The van der Waals surface area contributed by atoms with Crippen LogP contribution in [0.15, 0.2) is 28.1 Å². The summed E-state index contributed by atoms with van der Waals surface area (Å²) in [6.07, 6.45) is 5.07. The van der Waals surface area contributed by atoms with Gasteiger partial charge in [0.1, 0.15) is 5.69 Å². The number of aromatic nitrogens is 1. The van der Waals surface area contributed by atoms with E-state index >= 15 is 0 Å². The van der Waals surface area contributed by atoms with Gasteiger partial charge in [-0.2, -0.15) is 0 Å². The second kappa shape index (κ2) is 7.88. The maximum absolute atomic E-state index is 12.1. The number of hydrogen-bond acceptors (Lipinski definition) is 5. The normalized spacial score (nSPS) is 15.7. The molecule has 0 N–H and O–H groups in total. The summed E-state index contributed by atoms with van der Waals surface area (Å²) < 4.78 is 5.26. The highest BCUT2D eigenvalue weighted by atomic mass is 32.1. The van der Waals surface area contributed by atoms with Gasteiger partial charge in [-0.15, -0.1) is 11.3 Å². The van der Waals surface area contributed by atoms with Crippen molar-refractivity contribution in [2.45, 2.75) is 39.0 Å². The van der Waals surface area contributed by atoms with E-state index in [1.807, 2.05) is 17.5 Å². The van der Waals surface area contributed by atoms with Crippen LogP contribution in [0, 0.1) is 5.92 Å². The van der Waals surface area contributed by atoms with E-state index in [2.05, 4.69) is 17.0 Å². The van der Waals surface area contributed by atoms with Crippen molar-refractivity contribution in [3.63, 3.8) is 0 Å². The van der Waals surface area contributed by atoms with Gasteiger partial charge >= 0.3 is 0 Å². The predicted molar refractivity (Wildman–Crippen MR) is 92.8 cm³/mol. The largest absolute Gasteiger partial charge is 0.355 e. The third-order valence-corrected chi connectivity index (χ3v) is 5.21. The molecule has 23 heavy (non-hydrogen) atoms. The van der Waals surface area contributed by atoms with E-state index in [4.69, 9.17) is 4.52 Å². The van der Waals surface area contributed by atoms with Crippen molar-refractivity contribution in [1.82, 2.24) is 10.1 Å². The Morgan fingerprint density at radius 2 is 2.17 bits per heavy atom. The highest BCUT2D eigenvalue weighted by Crippen LogP contribution is 2.25. The Morgan fingerprint density at radius 1 is 1.35 bits per heavy atom. The topological polar surface area (TPSA) is 46.3 Å². The van der Waals surface area contributed by atoms with Crippen LogP contribution in [-0.2, 0) is 0 Å². The van der Waals surface area contributed by atoms with E-state index in [1.54, 1.807) is 17.4 Å². The average Bonchev–Trinajstić information content (AvgIpc) is 3.18. The number of carbonyl (C=O) groups excluding carboxylic acids is 1. The molecule has 0 atom stereocenters. The zero-order valence-corrected chi connectivity index (χ0v) is 14.5. The van der Waals surface area contributed by atoms with Gasteiger partial charge < -0.3 is 9.42 Å². The molecule has 0 spiro atoms. The molecule has 0 bridgehead atoms. The van der Waals surface area contributed by atoms with Gasteiger partial charge in [-0.1, -0.05) is 31.0 Å². The number of carbonyl (C=O) groups is 1. The summed E-state index contributed by atoms with van der Waals surface area (Å²) in [5.41, 5.74) is 0.461. The fraction of sp³-hybridized carbons (Fsp3) is 0.556. The Kier molecular flexibility index (Phi) is 5.62. The molecular formula is C18H24N2O2S. The van der Waals surface area contributed by atoms with Crippen molar-refractivity contribution < 1.29 is 9.32 Å². The van der Waals surface area contributed by atoms with E-state index < -0.39 is 0 Å². The molecule has 0 radical (unpaired) electrons. The molecule has 0 aliphatic carbocycles. The molecular weight excluding hydrogens is 308 g/mol. The molecule has 3 rings (SSSR count). The Balaban J connectivity index is 1.32. The Morgan fingerprint density at radius 3 is 2.91 bits per heavy atom. The zero-order chi connectivity index (χ0) is 16.1. The van der Waals surface area contributed by atoms with Crippen molar-refractivity contribution in [1.29, 1.82) is 0 Å². The van der Waals surface area contributed by atoms with E-state index in [0.717, 1.165) is 23.6 Å². The van der Waals surface area contributed by atoms with Crippen LogP contribution in [0.4, 0.5) is 0 Å². The first-order valence-corrected chi connectivity index (χ1v) is 9.36. The van der Waals surface area contributed by atoms with E-state index in [0.29, 0.717) is 17.9 Å². The van der Waals surface area contributed by atoms with Gasteiger partial charge in [-0.05, 0) is 36.8 Å². The molecule has 0 unspecified atom stereocenters. The van der Waals surface area contributed by atoms with Crippen LogP contribution in [0.2, 0.25) is 0 Å². The maximum atomic E-state index is 12.1. The first kappa shape index (κ1) is 16.4. The fourth-order valence-corrected chi connectivity index (χ4v) is 3.73. The third-order valence-electron chi connectivity index (χ3n) is 4.33. The summed E-state index contributed by atoms with van der Waals surface area (Å²) in [5, 5.41) is 5.90. The van der Waals surface area contributed by atoms with Crippen LogP contribution in [-0.4, -0.2) is 35.5 Å². The Labute approximate surface area is 141 Å². The average molecular weight is 332 g/mol. The van der Waals surface area contributed by atoms with Gasteiger partial charge in [0.25, 0.3) is 0 Å². The highest BCUT2D eigenvalue weighted by molar-refractivity contribution is 7.13. The highest BCUT2D eigenvalue weighted by Gasteiger charge is 2.21. The first-order chi connectivity index (χ1) is 11.2. The van der Waals surface area contributed by atoms with Gasteiger partial charge in [0.05, 0.1) is 4.88 Å². The quantitative estimate of drug-likeness (QED) is 0.501. The summed E-state index contributed by atoms with van der Waals surface area (Å²) >= 11 is 1.59. The minimum absolute atomic E-state index is 0.0909. The van der Waals surface area contributed by atoms with E-state index in [1.165, 1.54) is 32.5 Å². The molecule has 0 amide bonds.